The Morgan fingerprint density at radius 2 is 2.05 bits per heavy atom. The Balaban J connectivity index is 1.92. The lowest BCUT2D eigenvalue weighted by molar-refractivity contribution is 0.206. The van der Waals surface area contributed by atoms with Crippen molar-refractivity contribution in [3.63, 3.8) is 0 Å². The summed E-state index contributed by atoms with van der Waals surface area (Å²) in [6, 6.07) is 3.54. The predicted octanol–water partition coefficient (Wildman–Crippen LogP) is 2.65. The maximum Gasteiger partial charge on any atom is 0.319 e. The quantitative estimate of drug-likeness (QED) is 0.880. The predicted molar refractivity (Wildman–Crippen MR) is 71.7 cm³/mol. The number of carbonyl (C=O) groups excluding carboxylic acids is 1. The van der Waals surface area contributed by atoms with Crippen LogP contribution in [0.1, 0.15) is 31.2 Å². The largest absolute Gasteiger partial charge is 0.497 e. The van der Waals surface area contributed by atoms with Crippen molar-refractivity contribution in [1.82, 2.24) is 5.32 Å². The normalized spacial score (nSPS) is 18.5. The van der Waals surface area contributed by atoms with Crippen LogP contribution in [-0.4, -0.2) is 19.2 Å². The number of ether oxygens (including phenoxy) is 2. The molecular weight excluding hydrogens is 244 g/mol. The number of nitrogens with one attached hydrogen (secondary N) is 2. The Hall–Kier alpha value is -1.91. The van der Waals surface area contributed by atoms with Crippen molar-refractivity contribution in [1.29, 1.82) is 0 Å². The number of anilines is 1. The van der Waals surface area contributed by atoms with E-state index < -0.39 is 0 Å². The van der Waals surface area contributed by atoms with Crippen molar-refractivity contribution < 1.29 is 14.3 Å². The van der Waals surface area contributed by atoms with Crippen LogP contribution < -0.4 is 20.1 Å². The molecule has 0 bridgehead atoms. The Morgan fingerprint density at radius 3 is 2.79 bits per heavy atom. The highest BCUT2D eigenvalue weighted by Gasteiger charge is 2.23. The molecule has 3 rings (SSSR count). The van der Waals surface area contributed by atoms with Gasteiger partial charge in [-0.25, -0.2) is 4.79 Å². The summed E-state index contributed by atoms with van der Waals surface area (Å²) >= 11 is 0. The Morgan fingerprint density at radius 1 is 1.26 bits per heavy atom. The molecule has 1 aliphatic heterocycles. The molecule has 2 N–H and O–H groups in total. The number of urea groups is 1. The molecule has 1 fully saturated rings. The van der Waals surface area contributed by atoms with Crippen LogP contribution in [-0.2, 0) is 6.54 Å². The van der Waals surface area contributed by atoms with Crippen LogP contribution in [0.15, 0.2) is 12.1 Å². The van der Waals surface area contributed by atoms with E-state index in [2.05, 4.69) is 10.6 Å². The van der Waals surface area contributed by atoms with Crippen molar-refractivity contribution in [3.8, 4) is 11.5 Å². The van der Waals surface area contributed by atoms with Crippen LogP contribution in [0.4, 0.5) is 10.5 Å². The van der Waals surface area contributed by atoms with Gasteiger partial charge >= 0.3 is 6.03 Å². The van der Waals surface area contributed by atoms with Gasteiger partial charge in [-0.3, -0.25) is 0 Å². The summed E-state index contributed by atoms with van der Waals surface area (Å²) < 4.78 is 11.3. The van der Waals surface area contributed by atoms with E-state index in [9.17, 15) is 4.79 Å². The zero-order valence-corrected chi connectivity index (χ0v) is 11.0. The van der Waals surface area contributed by atoms with Gasteiger partial charge in [-0.1, -0.05) is 0 Å². The maximum atomic E-state index is 11.4. The van der Waals surface area contributed by atoms with Crippen molar-refractivity contribution in [2.75, 3.05) is 12.4 Å². The first-order chi connectivity index (χ1) is 9.26. The number of rotatable bonds is 3. The molecule has 1 saturated carbocycles. The smallest absolute Gasteiger partial charge is 0.319 e. The molecule has 5 nitrogen and oxygen atoms in total. The molecule has 0 aromatic heterocycles. The third kappa shape index (κ3) is 2.45. The molecule has 5 heteroatoms. The first-order valence-electron chi connectivity index (χ1n) is 6.68. The van der Waals surface area contributed by atoms with Gasteiger partial charge < -0.3 is 20.1 Å². The van der Waals surface area contributed by atoms with E-state index in [0.29, 0.717) is 12.3 Å². The average molecular weight is 262 g/mol. The first-order valence-corrected chi connectivity index (χ1v) is 6.68. The first kappa shape index (κ1) is 12.1. The molecule has 0 spiro atoms. The standard InChI is InChI=1S/C14H18N2O3/c1-18-10-6-12-11(8-15-14(17)16-12)13(7-10)19-9-4-2-3-5-9/h6-7,9H,2-5,8H2,1H3,(H2,15,16,17). The van der Waals surface area contributed by atoms with Gasteiger partial charge in [0.05, 0.1) is 25.4 Å². The van der Waals surface area contributed by atoms with Crippen molar-refractivity contribution >= 4 is 11.7 Å². The fraction of sp³-hybridized carbons (Fsp3) is 0.500. The Kier molecular flexibility index (Phi) is 3.19. The molecule has 1 heterocycles. The second kappa shape index (κ2) is 4.99. The van der Waals surface area contributed by atoms with E-state index in [1.54, 1.807) is 7.11 Å². The van der Waals surface area contributed by atoms with E-state index >= 15 is 0 Å². The van der Waals surface area contributed by atoms with Gasteiger partial charge in [0.25, 0.3) is 0 Å². The highest BCUT2D eigenvalue weighted by atomic mass is 16.5. The molecule has 19 heavy (non-hydrogen) atoms. The van der Waals surface area contributed by atoms with Crippen LogP contribution >= 0.6 is 0 Å². The van der Waals surface area contributed by atoms with E-state index in [0.717, 1.165) is 29.8 Å². The van der Waals surface area contributed by atoms with Gasteiger partial charge in [0, 0.05) is 17.7 Å². The van der Waals surface area contributed by atoms with Crippen LogP contribution in [0.3, 0.4) is 0 Å². The summed E-state index contributed by atoms with van der Waals surface area (Å²) in [6.07, 6.45) is 4.95. The summed E-state index contributed by atoms with van der Waals surface area (Å²) in [5.41, 5.74) is 1.77. The van der Waals surface area contributed by atoms with Gasteiger partial charge in [0.1, 0.15) is 11.5 Å². The minimum atomic E-state index is -0.187. The number of hydrogen-bond acceptors (Lipinski definition) is 3. The number of fused-ring (bicyclic) bond motifs is 1. The van der Waals surface area contributed by atoms with Crippen molar-refractivity contribution in [3.05, 3.63) is 17.7 Å². The molecular formula is C14H18N2O3. The van der Waals surface area contributed by atoms with E-state index in [1.165, 1.54) is 12.8 Å². The number of benzene rings is 1. The topological polar surface area (TPSA) is 59.6 Å². The lowest BCUT2D eigenvalue weighted by atomic mass is 10.1. The third-order valence-corrected chi connectivity index (χ3v) is 3.69. The molecule has 0 radical (unpaired) electrons. The second-order valence-corrected chi connectivity index (χ2v) is 4.98. The average Bonchev–Trinajstić information content (AvgIpc) is 2.90. The lowest BCUT2D eigenvalue weighted by Crippen LogP contribution is -2.33. The number of carbonyl (C=O) groups is 1. The van der Waals surface area contributed by atoms with Gasteiger partial charge in [0.2, 0.25) is 0 Å². The van der Waals surface area contributed by atoms with Crippen LogP contribution in [0, 0.1) is 0 Å². The van der Waals surface area contributed by atoms with Crippen LogP contribution in [0.2, 0.25) is 0 Å². The second-order valence-electron chi connectivity index (χ2n) is 4.98. The summed E-state index contributed by atoms with van der Waals surface area (Å²) in [4.78, 5) is 11.4. The molecule has 0 atom stereocenters. The van der Waals surface area contributed by atoms with E-state index in [1.807, 2.05) is 12.1 Å². The molecule has 2 amide bonds. The summed E-state index contributed by atoms with van der Waals surface area (Å²) in [6.45, 7) is 0.493. The van der Waals surface area contributed by atoms with E-state index in [4.69, 9.17) is 9.47 Å². The van der Waals surface area contributed by atoms with Gasteiger partial charge in [0.15, 0.2) is 0 Å². The van der Waals surface area contributed by atoms with Crippen LogP contribution in [0.25, 0.3) is 0 Å². The molecule has 0 saturated heterocycles. The number of hydrogen-bond donors (Lipinski definition) is 2. The molecule has 0 unspecified atom stereocenters. The van der Waals surface area contributed by atoms with Gasteiger partial charge in [-0.05, 0) is 25.7 Å². The minimum absolute atomic E-state index is 0.187. The zero-order chi connectivity index (χ0) is 13.2. The SMILES string of the molecule is COc1cc2c(c(OC3CCCC3)c1)CNC(=O)N2. The Bertz CT molecular complexity index is 496. The maximum absolute atomic E-state index is 11.4. The fourth-order valence-corrected chi connectivity index (χ4v) is 2.66. The third-order valence-electron chi connectivity index (χ3n) is 3.69. The summed E-state index contributed by atoms with van der Waals surface area (Å²) in [5, 5.41) is 5.56. The molecule has 1 aromatic carbocycles. The molecule has 1 aliphatic carbocycles. The lowest BCUT2D eigenvalue weighted by Gasteiger charge is -2.24. The molecule has 102 valence electrons. The summed E-state index contributed by atoms with van der Waals surface area (Å²) in [5.74, 6) is 1.52. The summed E-state index contributed by atoms with van der Waals surface area (Å²) in [7, 11) is 1.62. The Labute approximate surface area is 112 Å². The fourth-order valence-electron chi connectivity index (χ4n) is 2.66. The van der Waals surface area contributed by atoms with Gasteiger partial charge in [-0.2, -0.15) is 0 Å². The minimum Gasteiger partial charge on any atom is -0.497 e. The number of methoxy groups -OCH3 is 1. The molecule has 1 aromatic rings. The van der Waals surface area contributed by atoms with Crippen LogP contribution in [0.5, 0.6) is 11.5 Å². The zero-order valence-electron chi connectivity index (χ0n) is 11.0. The van der Waals surface area contributed by atoms with Crippen molar-refractivity contribution in [2.24, 2.45) is 0 Å². The highest BCUT2D eigenvalue weighted by molar-refractivity contribution is 5.93. The monoisotopic (exact) mass is 262 g/mol. The highest BCUT2D eigenvalue weighted by Crippen LogP contribution is 2.36. The van der Waals surface area contributed by atoms with E-state index in [-0.39, 0.29) is 12.1 Å². The van der Waals surface area contributed by atoms with Gasteiger partial charge in [-0.15, -0.1) is 0 Å². The van der Waals surface area contributed by atoms with Crippen molar-refractivity contribution in [2.45, 2.75) is 38.3 Å². The number of amides is 2. The molecule has 2 aliphatic rings.